The molecule has 3 aliphatic heterocycles. The molecule has 16 heteroatoms. The molecule has 3 fully saturated rings. The molecular formula is C40H43ClN8O7. The van der Waals surface area contributed by atoms with Gasteiger partial charge in [-0.2, -0.15) is 5.26 Å². The van der Waals surface area contributed by atoms with Crippen LogP contribution >= 0.6 is 11.6 Å². The van der Waals surface area contributed by atoms with Crippen LogP contribution < -0.4 is 20.1 Å². The Morgan fingerprint density at radius 1 is 0.929 bits per heavy atom. The molecular weight excluding hydrogens is 740 g/mol. The molecule has 56 heavy (non-hydrogen) atoms. The summed E-state index contributed by atoms with van der Waals surface area (Å²) in [4.78, 5) is 81.6. The van der Waals surface area contributed by atoms with Crippen molar-refractivity contribution in [1.82, 2.24) is 24.7 Å². The first-order chi connectivity index (χ1) is 26.6. The zero-order chi connectivity index (χ0) is 40.1. The van der Waals surface area contributed by atoms with E-state index in [-0.39, 0.29) is 40.6 Å². The molecule has 5 amide bonds. The average Bonchev–Trinajstić information content (AvgIpc) is 3.42. The highest BCUT2D eigenvalue weighted by molar-refractivity contribution is 6.31. The Morgan fingerprint density at radius 2 is 1.62 bits per heavy atom. The van der Waals surface area contributed by atoms with E-state index in [1.165, 1.54) is 11.1 Å². The van der Waals surface area contributed by atoms with Crippen LogP contribution in [0.2, 0.25) is 5.02 Å². The Hall–Kier alpha value is -5.59. The zero-order valence-corrected chi connectivity index (χ0v) is 32.4. The number of carbonyl (C=O) groups excluding carboxylic acids is 5. The van der Waals surface area contributed by atoms with Gasteiger partial charge in [0.1, 0.15) is 41.2 Å². The fourth-order valence-electron chi connectivity index (χ4n) is 9.07. The van der Waals surface area contributed by atoms with E-state index < -0.39 is 52.6 Å². The van der Waals surface area contributed by atoms with E-state index in [2.05, 4.69) is 19.8 Å². The third-order valence-electron chi connectivity index (χ3n) is 11.4. The van der Waals surface area contributed by atoms with E-state index in [0.29, 0.717) is 29.5 Å². The first kappa shape index (κ1) is 38.7. The van der Waals surface area contributed by atoms with Gasteiger partial charge in [-0.15, -0.1) is 0 Å². The lowest BCUT2D eigenvalue weighted by Gasteiger charge is -2.65. The number of primary amides is 1. The molecule has 1 aromatic heterocycles. The van der Waals surface area contributed by atoms with Crippen molar-refractivity contribution in [2.45, 2.75) is 65.1 Å². The van der Waals surface area contributed by atoms with Crippen LogP contribution in [0.5, 0.6) is 11.5 Å². The third kappa shape index (κ3) is 6.81. The number of anilines is 1. The monoisotopic (exact) mass is 782 g/mol. The number of aromatic nitrogens is 2. The summed E-state index contributed by atoms with van der Waals surface area (Å²) in [6.07, 6.45) is 3.25. The molecule has 15 nitrogen and oxygen atoms in total. The van der Waals surface area contributed by atoms with Gasteiger partial charge in [-0.25, -0.2) is 9.97 Å². The van der Waals surface area contributed by atoms with E-state index in [9.17, 15) is 29.2 Å². The van der Waals surface area contributed by atoms with Gasteiger partial charge in [0.15, 0.2) is 0 Å². The number of rotatable bonds is 11. The topological polar surface area (TPSA) is 192 Å². The summed E-state index contributed by atoms with van der Waals surface area (Å²) >= 11 is 6.25. The lowest BCUT2D eigenvalue weighted by Crippen LogP contribution is -2.77. The number of nitriles is 1. The molecule has 4 aliphatic rings. The maximum atomic E-state index is 14.3. The lowest BCUT2D eigenvalue weighted by atomic mass is 9.48. The number of hydrogen-bond acceptors (Lipinski definition) is 12. The second-order valence-electron chi connectivity index (χ2n) is 15.8. The van der Waals surface area contributed by atoms with Crippen LogP contribution in [0.4, 0.5) is 5.82 Å². The second kappa shape index (κ2) is 14.8. The van der Waals surface area contributed by atoms with Crippen molar-refractivity contribution in [2.24, 2.45) is 16.6 Å². The molecule has 2 saturated heterocycles. The number of nitrogens with zero attached hydrogens (tertiary/aromatic N) is 7. The highest BCUT2D eigenvalue weighted by atomic mass is 35.5. The molecule has 1 saturated carbocycles. The van der Waals surface area contributed by atoms with Crippen LogP contribution in [-0.4, -0.2) is 112 Å². The summed E-state index contributed by atoms with van der Waals surface area (Å²) in [6.45, 7) is 12.0. The standard InChI is InChI=1S/C40H43ClN8O7/c1-39(2)37(40(3,4)38(39)56-25-7-6-23(20-42)28(41)19-25)49-32(50)11-10-30(36(49)54)48-34(52)26-9-8-24(18-27(26)35(48)53)55-17-5-12-46-13-15-47(16-14-46)31-22-44-29(21-45-31)33(43)51/h6-9,18-19,21-22,30,37-38H,5,10-17H2,1-4H3,(H2,43,51). The van der Waals surface area contributed by atoms with Gasteiger partial charge in [-0.05, 0) is 43.2 Å². The zero-order valence-electron chi connectivity index (χ0n) is 31.7. The van der Waals surface area contributed by atoms with E-state index in [4.69, 9.17) is 26.8 Å². The number of carbonyl (C=O) groups is 5. The summed E-state index contributed by atoms with van der Waals surface area (Å²) in [5.41, 5.74) is 4.62. The number of nitrogens with two attached hydrogens (primary N) is 1. The normalized spacial score (nSPS) is 23.1. The number of likely N-dealkylation sites (tertiary alicyclic amines) is 1. The minimum Gasteiger partial charge on any atom is -0.494 e. The van der Waals surface area contributed by atoms with Gasteiger partial charge in [0, 0.05) is 56.0 Å². The van der Waals surface area contributed by atoms with E-state index in [1.54, 1.807) is 42.6 Å². The molecule has 0 bridgehead atoms. The molecule has 7 rings (SSSR count). The summed E-state index contributed by atoms with van der Waals surface area (Å²) < 4.78 is 12.4. The molecule has 292 valence electrons. The number of imide groups is 2. The van der Waals surface area contributed by atoms with Gasteiger partial charge in [0.25, 0.3) is 23.6 Å². The van der Waals surface area contributed by atoms with Crippen molar-refractivity contribution < 1.29 is 33.4 Å². The van der Waals surface area contributed by atoms with Crippen LogP contribution in [0.3, 0.4) is 0 Å². The molecule has 2 N–H and O–H groups in total. The van der Waals surface area contributed by atoms with Gasteiger partial charge in [0.2, 0.25) is 5.91 Å². The number of piperidine rings is 1. The molecule has 0 radical (unpaired) electrons. The Morgan fingerprint density at radius 3 is 2.27 bits per heavy atom. The van der Waals surface area contributed by atoms with Crippen LogP contribution in [0.25, 0.3) is 0 Å². The molecule has 4 heterocycles. The van der Waals surface area contributed by atoms with Crippen molar-refractivity contribution in [1.29, 1.82) is 5.26 Å². The molecule has 1 aliphatic carbocycles. The Balaban J connectivity index is 0.952. The third-order valence-corrected chi connectivity index (χ3v) is 11.7. The highest BCUT2D eigenvalue weighted by Crippen LogP contribution is 2.58. The number of amides is 5. The fourth-order valence-corrected chi connectivity index (χ4v) is 9.29. The molecule has 1 unspecified atom stereocenters. The molecule has 1 atom stereocenters. The molecule has 0 spiro atoms. The van der Waals surface area contributed by atoms with E-state index in [0.717, 1.165) is 44.0 Å². The lowest BCUT2D eigenvalue weighted by molar-refractivity contribution is -0.216. The summed E-state index contributed by atoms with van der Waals surface area (Å²) in [5, 5.41) is 9.51. The predicted molar refractivity (Wildman–Crippen MR) is 203 cm³/mol. The molecule has 2 aromatic carbocycles. The smallest absolute Gasteiger partial charge is 0.268 e. The number of halogens is 1. The van der Waals surface area contributed by atoms with Crippen LogP contribution in [0.15, 0.2) is 48.8 Å². The van der Waals surface area contributed by atoms with Gasteiger partial charge >= 0.3 is 0 Å². The Kier molecular flexibility index (Phi) is 10.2. The van der Waals surface area contributed by atoms with Crippen molar-refractivity contribution in [3.63, 3.8) is 0 Å². The second-order valence-corrected chi connectivity index (χ2v) is 16.2. The average molecular weight is 783 g/mol. The van der Waals surface area contributed by atoms with Crippen LogP contribution in [-0.2, 0) is 9.59 Å². The minimum atomic E-state index is -1.14. The largest absolute Gasteiger partial charge is 0.494 e. The number of fused-ring (bicyclic) bond motifs is 1. The van der Waals surface area contributed by atoms with Gasteiger partial charge in [0.05, 0.1) is 46.8 Å². The van der Waals surface area contributed by atoms with Crippen molar-refractivity contribution in [3.05, 3.63) is 76.2 Å². The van der Waals surface area contributed by atoms with Gasteiger partial charge < -0.3 is 20.1 Å². The SMILES string of the molecule is CC1(C)C(Oc2ccc(C#N)c(Cl)c2)C(C)(C)C1N1C(=O)CCC(N2C(=O)c3ccc(OCCCN4CCN(c5cnc(C(N)=O)cn5)CC4)cc3C2=O)C1=O. The fraction of sp³-hybridized carbons (Fsp3) is 0.450. The maximum Gasteiger partial charge on any atom is 0.268 e. The van der Waals surface area contributed by atoms with E-state index in [1.807, 2.05) is 33.8 Å². The first-order valence-electron chi connectivity index (χ1n) is 18.6. The van der Waals surface area contributed by atoms with Crippen molar-refractivity contribution >= 4 is 47.0 Å². The first-order valence-corrected chi connectivity index (χ1v) is 19.0. The van der Waals surface area contributed by atoms with Crippen LogP contribution in [0.1, 0.15) is 83.7 Å². The number of ether oxygens (including phenoxy) is 2. The van der Waals surface area contributed by atoms with Crippen molar-refractivity contribution in [2.75, 3.05) is 44.2 Å². The maximum absolute atomic E-state index is 14.3. The summed E-state index contributed by atoms with van der Waals surface area (Å²) in [5.74, 6) is -1.16. The van der Waals surface area contributed by atoms with Crippen LogP contribution in [0, 0.1) is 22.2 Å². The van der Waals surface area contributed by atoms with Gasteiger partial charge in [-0.1, -0.05) is 39.3 Å². The highest BCUT2D eigenvalue weighted by Gasteiger charge is 2.68. The number of hydrogen-bond donors (Lipinski definition) is 1. The summed E-state index contributed by atoms with van der Waals surface area (Å²) in [7, 11) is 0. The predicted octanol–water partition coefficient (Wildman–Crippen LogP) is 3.69. The minimum absolute atomic E-state index is 0.00914. The number of piperazine rings is 1. The Bertz CT molecular complexity index is 2130. The number of benzene rings is 2. The quantitative estimate of drug-likeness (QED) is 0.220. The van der Waals surface area contributed by atoms with Gasteiger partial charge in [-0.3, -0.25) is 38.7 Å². The van der Waals surface area contributed by atoms with Crippen molar-refractivity contribution in [3.8, 4) is 17.6 Å². The summed E-state index contributed by atoms with van der Waals surface area (Å²) in [6, 6.07) is 9.85. The Labute approximate surface area is 329 Å². The molecule has 3 aromatic rings. The van der Waals surface area contributed by atoms with E-state index >= 15 is 0 Å².